The third-order valence-corrected chi connectivity index (χ3v) is 9.87. The van der Waals surface area contributed by atoms with Gasteiger partial charge in [-0.3, -0.25) is 4.79 Å². The van der Waals surface area contributed by atoms with E-state index in [4.69, 9.17) is 37.9 Å². The summed E-state index contributed by atoms with van der Waals surface area (Å²) in [5.41, 5.74) is 5.22. The molecule has 1 N–H and O–H groups in total. The molecule has 0 radical (unpaired) electrons. The SMILES string of the molecule is COc1cc2c(C)[nH]c(=O)c(Cc3cccc(Oc4ccccc4)c3)c2cc1OC.COc1ccc(Cc2c(OC)nc(C)c3cc(OC)c(OC)cc23)cc1OC.Cl.Cl. The zero-order chi connectivity index (χ0) is 41.3. The molecular formula is C47H50Cl2N2O9. The molecule has 2 aromatic heterocycles. The number of hydrogen-bond donors (Lipinski definition) is 1. The van der Waals surface area contributed by atoms with Crippen LogP contribution in [0.4, 0.5) is 0 Å². The molecule has 0 atom stereocenters. The number of pyridine rings is 2. The van der Waals surface area contributed by atoms with Crippen molar-refractivity contribution >= 4 is 46.4 Å². The van der Waals surface area contributed by atoms with Gasteiger partial charge in [0.25, 0.3) is 5.56 Å². The predicted molar refractivity (Wildman–Crippen MR) is 241 cm³/mol. The summed E-state index contributed by atoms with van der Waals surface area (Å²) in [6.45, 7) is 3.84. The normalized spacial score (nSPS) is 10.3. The predicted octanol–water partition coefficient (Wildman–Crippen LogP) is 10.3. The van der Waals surface area contributed by atoms with Gasteiger partial charge in [0.05, 0.1) is 49.8 Å². The standard InChI is InChI=1S/C25H23NO4.C22H25NO5.2ClH/c1-16-20-14-23(28-2)24(29-3)15-21(20)22(25(27)26-16)13-17-8-7-11-19(12-17)30-18-9-5-4-6-10-18;1-13-15-11-20(26-4)21(27-5)12-16(15)17(22(23-13)28-6)9-14-7-8-18(24-2)19(10-14)25-3;;/h4-12,14-15H,13H2,1-3H3,(H,26,27);7-8,10-12H,9H2,1-6H3;2*1H. The van der Waals surface area contributed by atoms with Crippen molar-refractivity contribution in [2.75, 3.05) is 49.8 Å². The van der Waals surface area contributed by atoms with Crippen molar-refractivity contribution in [2.45, 2.75) is 26.7 Å². The number of aryl methyl sites for hydroxylation is 2. The van der Waals surface area contributed by atoms with Crippen molar-refractivity contribution < 1.29 is 37.9 Å². The number of H-pyrrole nitrogens is 1. The number of para-hydroxylation sites is 1. The maximum Gasteiger partial charge on any atom is 0.252 e. The van der Waals surface area contributed by atoms with E-state index in [-0.39, 0.29) is 30.4 Å². The summed E-state index contributed by atoms with van der Waals surface area (Å²) in [6, 6.07) is 31.0. The number of benzene rings is 5. The Morgan fingerprint density at radius 1 is 0.483 bits per heavy atom. The van der Waals surface area contributed by atoms with Crippen molar-refractivity contribution in [3.05, 3.63) is 141 Å². The van der Waals surface area contributed by atoms with Crippen LogP contribution < -0.4 is 43.5 Å². The number of halogens is 2. The van der Waals surface area contributed by atoms with Crippen molar-refractivity contribution in [1.82, 2.24) is 9.97 Å². The molecule has 0 aliphatic heterocycles. The van der Waals surface area contributed by atoms with E-state index in [1.807, 2.05) is 111 Å². The van der Waals surface area contributed by atoms with Gasteiger partial charge >= 0.3 is 0 Å². The summed E-state index contributed by atoms with van der Waals surface area (Å²) in [4.78, 5) is 20.4. The molecule has 13 heteroatoms. The van der Waals surface area contributed by atoms with Crippen LogP contribution in [-0.4, -0.2) is 59.7 Å². The van der Waals surface area contributed by atoms with E-state index in [0.29, 0.717) is 58.8 Å². The molecule has 60 heavy (non-hydrogen) atoms. The van der Waals surface area contributed by atoms with Gasteiger partial charge in [-0.05, 0) is 96.4 Å². The van der Waals surface area contributed by atoms with Crippen molar-refractivity contribution in [3.8, 4) is 51.9 Å². The average molecular weight is 858 g/mol. The Bertz CT molecular complexity index is 2620. The molecule has 0 unspecified atom stereocenters. The molecule has 0 fully saturated rings. The first kappa shape index (κ1) is 46.4. The van der Waals surface area contributed by atoms with Crippen LogP contribution in [0.2, 0.25) is 0 Å². The molecule has 2 heterocycles. The monoisotopic (exact) mass is 856 g/mol. The lowest BCUT2D eigenvalue weighted by atomic mass is 9.98. The fourth-order valence-corrected chi connectivity index (χ4v) is 6.96. The Morgan fingerprint density at radius 2 is 0.983 bits per heavy atom. The number of methoxy groups -OCH3 is 7. The van der Waals surface area contributed by atoms with Gasteiger partial charge in [-0.25, -0.2) is 4.98 Å². The second-order valence-electron chi connectivity index (χ2n) is 13.4. The van der Waals surface area contributed by atoms with Crippen LogP contribution in [0.25, 0.3) is 21.5 Å². The Hall–Kier alpha value is -6.30. The minimum atomic E-state index is -0.110. The first-order valence-corrected chi connectivity index (χ1v) is 18.5. The summed E-state index contributed by atoms with van der Waals surface area (Å²) >= 11 is 0. The molecule has 5 aromatic carbocycles. The molecule has 7 aromatic rings. The van der Waals surface area contributed by atoms with E-state index in [2.05, 4.69) is 9.97 Å². The molecule has 11 nitrogen and oxygen atoms in total. The molecule has 0 bridgehead atoms. The Kier molecular flexibility index (Phi) is 16.3. The summed E-state index contributed by atoms with van der Waals surface area (Å²) in [5, 5.41) is 3.79. The lowest BCUT2D eigenvalue weighted by Crippen LogP contribution is -2.15. The van der Waals surface area contributed by atoms with E-state index in [9.17, 15) is 4.79 Å². The molecule has 7 rings (SSSR count). The summed E-state index contributed by atoms with van der Waals surface area (Å²) in [5.74, 6) is 6.02. The molecule has 0 saturated carbocycles. The Morgan fingerprint density at radius 3 is 1.57 bits per heavy atom. The van der Waals surface area contributed by atoms with Crippen LogP contribution in [0.5, 0.6) is 51.9 Å². The minimum absolute atomic E-state index is 0. The van der Waals surface area contributed by atoms with Gasteiger partial charge in [0.1, 0.15) is 11.5 Å². The highest BCUT2D eigenvalue weighted by atomic mass is 35.5. The van der Waals surface area contributed by atoms with E-state index in [1.165, 1.54) is 0 Å². The minimum Gasteiger partial charge on any atom is -0.493 e. The first-order valence-electron chi connectivity index (χ1n) is 18.5. The lowest BCUT2D eigenvalue weighted by Gasteiger charge is -2.17. The van der Waals surface area contributed by atoms with Crippen LogP contribution >= 0.6 is 24.8 Å². The number of hydrogen-bond acceptors (Lipinski definition) is 10. The van der Waals surface area contributed by atoms with E-state index in [1.54, 1.807) is 49.8 Å². The summed E-state index contributed by atoms with van der Waals surface area (Å²) in [7, 11) is 11.3. The molecule has 0 saturated heterocycles. The zero-order valence-electron chi connectivity index (χ0n) is 35.1. The smallest absolute Gasteiger partial charge is 0.252 e. The molecule has 316 valence electrons. The average Bonchev–Trinajstić information content (AvgIpc) is 3.25. The maximum absolute atomic E-state index is 12.8. The van der Waals surface area contributed by atoms with Crippen LogP contribution in [-0.2, 0) is 12.8 Å². The van der Waals surface area contributed by atoms with Gasteiger partial charge in [-0.2, -0.15) is 0 Å². The fraction of sp³-hybridized carbons (Fsp3) is 0.234. The highest BCUT2D eigenvalue weighted by Gasteiger charge is 2.19. The van der Waals surface area contributed by atoms with Gasteiger partial charge in [0, 0.05) is 46.1 Å². The molecular weight excluding hydrogens is 807 g/mol. The number of nitrogens with one attached hydrogen (secondary N) is 1. The second-order valence-corrected chi connectivity index (χ2v) is 13.4. The van der Waals surface area contributed by atoms with Gasteiger partial charge in [-0.15, -0.1) is 24.8 Å². The van der Waals surface area contributed by atoms with Crippen LogP contribution in [0.3, 0.4) is 0 Å². The largest absolute Gasteiger partial charge is 0.493 e. The first-order chi connectivity index (χ1) is 28.1. The Labute approximate surface area is 362 Å². The summed E-state index contributed by atoms with van der Waals surface area (Å²) < 4.78 is 44.2. The van der Waals surface area contributed by atoms with Crippen molar-refractivity contribution in [3.63, 3.8) is 0 Å². The van der Waals surface area contributed by atoms with Crippen LogP contribution in [0.15, 0.2) is 102 Å². The fourth-order valence-electron chi connectivity index (χ4n) is 6.96. The number of ether oxygens (including phenoxy) is 8. The number of fused-ring (bicyclic) bond motifs is 2. The van der Waals surface area contributed by atoms with E-state index in [0.717, 1.165) is 61.1 Å². The third-order valence-electron chi connectivity index (χ3n) is 9.87. The lowest BCUT2D eigenvalue weighted by molar-refractivity contribution is 0.354. The molecule has 0 amide bonds. The van der Waals surface area contributed by atoms with Crippen LogP contribution in [0.1, 0.15) is 33.6 Å². The van der Waals surface area contributed by atoms with Crippen molar-refractivity contribution in [2.24, 2.45) is 0 Å². The Balaban J connectivity index is 0.000000257. The van der Waals surface area contributed by atoms with Gasteiger partial charge in [-0.1, -0.05) is 36.4 Å². The van der Waals surface area contributed by atoms with E-state index < -0.39 is 0 Å². The van der Waals surface area contributed by atoms with Crippen molar-refractivity contribution in [1.29, 1.82) is 0 Å². The van der Waals surface area contributed by atoms with Gasteiger partial charge in [0.2, 0.25) is 5.88 Å². The topological polar surface area (TPSA) is 120 Å². The highest BCUT2D eigenvalue weighted by Crippen LogP contribution is 2.39. The number of rotatable bonds is 13. The van der Waals surface area contributed by atoms with Crippen LogP contribution in [0, 0.1) is 13.8 Å². The van der Waals surface area contributed by atoms with Gasteiger partial charge in [0.15, 0.2) is 34.5 Å². The number of nitrogens with zero attached hydrogens (tertiary/aromatic N) is 1. The van der Waals surface area contributed by atoms with Gasteiger partial charge < -0.3 is 42.9 Å². The van der Waals surface area contributed by atoms with E-state index >= 15 is 0 Å². The molecule has 0 spiro atoms. The third kappa shape index (κ3) is 10.1. The maximum atomic E-state index is 12.8. The highest BCUT2D eigenvalue weighted by molar-refractivity contribution is 5.92. The number of aromatic amines is 1. The molecule has 0 aliphatic rings. The number of aromatic nitrogens is 2. The quantitative estimate of drug-likeness (QED) is 0.120. The zero-order valence-corrected chi connectivity index (χ0v) is 36.7. The summed E-state index contributed by atoms with van der Waals surface area (Å²) in [6.07, 6.45) is 1.08. The second kappa shape index (κ2) is 21.1. The molecule has 0 aliphatic carbocycles.